The number of thiocarbonyl (C=S) groups is 1. The normalized spacial score (nSPS) is 41.1. The number of carbonyl (C=O) groups is 1. The highest BCUT2D eigenvalue weighted by Gasteiger charge is 2.53. The van der Waals surface area contributed by atoms with Crippen molar-refractivity contribution in [3.8, 4) is 0 Å². The van der Waals surface area contributed by atoms with E-state index in [0.29, 0.717) is 22.7 Å². The van der Waals surface area contributed by atoms with E-state index in [1.54, 1.807) is 0 Å². The summed E-state index contributed by atoms with van der Waals surface area (Å²) in [5, 5.41) is 0. The van der Waals surface area contributed by atoms with Crippen LogP contribution in [-0.2, 0) is 4.79 Å². The van der Waals surface area contributed by atoms with Crippen molar-refractivity contribution in [1.29, 1.82) is 0 Å². The van der Waals surface area contributed by atoms with Gasteiger partial charge in [-0.05, 0) is 30.6 Å². The van der Waals surface area contributed by atoms with Gasteiger partial charge < -0.3 is 10.6 Å². The van der Waals surface area contributed by atoms with Crippen molar-refractivity contribution in [2.45, 2.75) is 33.6 Å². The van der Waals surface area contributed by atoms with Crippen LogP contribution >= 0.6 is 12.2 Å². The molecule has 1 heterocycles. The van der Waals surface area contributed by atoms with Gasteiger partial charge in [-0.1, -0.05) is 33.0 Å². The SMILES string of the molecule is CC1CC(C(=O)N2CC(C)C(C)C2)(C(N)=S)C1. The number of hydrogen-bond donors (Lipinski definition) is 1. The first-order valence-corrected chi connectivity index (χ1v) is 6.87. The van der Waals surface area contributed by atoms with E-state index in [2.05, 4.69) is 20.8 Å². The fourth-order valence-corrected chi connectivity index (χ4v) is 3.46. The Balaban J connectivity index is 2.11. The highest BCUT2D eigenvalue weighted by atomic mass is 32.1. The van der Waals surface area contributed by atoms with Crippen molar-refractivity contribution < 1.29 is 4.79 Å². The lowest BCUT2D eigenvalue weighted by molar-refractivity contribution is -0.143. The third-order valence-corrected chi connectivity index (χ3v) is 4.94. The van der Waals surface area contributed by atoms with Gasteiger partial charge in [0.05, 0.1) is 10.4 Å². The van der Waals surface area contributed by atoms with Gasteiger partial charge in [-0.25, -0.2) is 0 Å². The van der Waals surface area contributed by atoms with E-state index in [9.17, 15) is 4.79 Å². The minimum absolute atomic E-state index is 0.180. The van der Waals surface area contributed by atoms with Crippen LogP contribution in [0.1, 0.15) is 33.6 Å². The van der Waals surface area contributed by atoms with E-state index in [1.165, 1.54) is 0 Å². The fourth-order valence-electron chi connectivity index (χ4n) is 3.21. The van der Waals surface area contributed by atoms with Gasteiger partial charge in [0.15, 0.2) is 0 Å². The molecule has 96 valence electrons. The van der Waals surface area contributed by atoms with E-state index in [0.717, 1.165) is 25.9 Å². The van der Waals surface area contributed by atoms with Gasteiger partial charge in [-0.15, -0.1) is 0 Å². The molecule has 0 aromatic heterocycles. The minimum Gasteiger partial charge on any atom is -0.392 e. The molecule has 1 amide bonds. The molecule has 2 atom stereocenters. The molecule has 17 heavy (non-hydrogen) atoms. The number of nitrogens with two attached hydrogens (primary N) is 1. The van der Waals surface area contributed by atoms with Crippen LogP contribution in [0.5, 0.6) is 0 Å². The first-order chi connectivity index (χ1) is 7.86. The van der Waals surface area contributed by atoms with E-state index in [-0.39, 0.29) is 5.91 Å². The Hall–Kier alpha value is -0.640. The Morgan fingerprint density at radius 1 is 1.24 bits per heavy atom. The standard InChI is InChI=1S/C13H22N2OS/c1-8-4-13(5-8,11(14)17)12(16)15-6-9(2)10(3)7-15/h8-10H,4-7H2,1-3H3,(H2,14,17). The van der Waals surface area contributed by atoms with Gasteiger partial charge in [0.25, 0.3) is 0 Å². The van der Waals surface area contributed by atoms with Crippen molar-refractivity contribution in [2.75, 3.05) is 13.1 Å². The predicted octanol–water partition coefficient (Wildman–Crippen LogP) is 1.80. The molecule has 2 unspecified atom stereocenters. The maximum atomic E-state index is 12.6. The van der Waals surface area contributed by atoms with E-state index < -0.39 is 5.41 Å². The number of nitrogens with zero attached hydrogens (tertiary/aromatic N) is 1. The number of rotatable bonds is 2. The van der Waals surface area contributed by atoms with E-state index in [1.807, 2.05) is 4.90 Å². The molecule has 1 aliphatic carbocycles. The number of carbonyl (C=O) groups excluding carboxylic acids is 1. The highest BCUT2D eigenvalue weighted by Crippen LogP contribution is 2.47. The average molecular weight is 254 g/mol. The summed E-state index contributed by atoms with van der Waals surface area (Å²) in [7, 11) is 0. The summed E-state index contributed by atoms with van der Waals surface area (Å²) >= 11 is 5.13. The smallest absolute Gasteiger partial charge is 0.235 e. The van der Waals surface area contributed by atoms with Crippen LogP contribution in [0.3, 0.4) is 0 Å². The van der Waals surface area contributed by atoms with E-state index >= 15 is 0 Å². The van der Waals surface area contributed by atoms with E-state index in [4.69, 9.17) is 18.0 Å². The molecule has 1 saturated carbocycles. The third-order valence-electron chi connectivity index (χ3n) is 4.55. The molecule has 1 aliphatic heterocycles. The quantitative estimate of drug-likeness (QED) is 0.764. The summed E-state index contributed by atoms with van der Waals surface area (Å²) in [6.45, 7) is 8.28. The van der Waals surface area contributed by atoms with Gasteiger partial charge in [-0.3, -0.25) is 4.79 Å². The number of likely N-dealkylation sites (tertiary alicyclic amines) is 1. The highest BCUT2D eigenvalue weighted by molar-refractivity contribution is 7.80. The molecule has 0 aromatic rings. The Labute approximate surface area is 109 Å². The van der Waals surface area contributed by atoms with Crippen molar-refractivity contribution in [3.63, 3.8) is 0 Å². The van der Waals surface area contributed by atoms with Crippen LogP contribution in [0.25, 0.3) is 0 Å². The molecule has 2 aliphatic rings. The second kappa shape index (κ2) is 4.23. The average Bonchev–Trinajstić information content (AvgIpc) is 2.53. The number of hydrogen-bond acceptors (Lipinski definition) is 2. The summed E-state index contributed by atoms with van der Waals surface area (Å²) in [4.78, 5) is 15.0. The Kier molecular flexibility index (Phi) is 3.19. The lowest BCUT2D eigenvalue weighted by Crippen LogP contribution is -2.56. The van der Waals surface area contributed by atoms with Gasteiger partial charge in [-0.2, -0.15) is 0 Å². The van der Waals surface area contributed by atoms with Crippen LogP contribution < -0.4 is 5.73 Å². The second-order valence-electron chi connectivity index (χ2n) is 6.12. The summed E-state index contributed by atoms with van der Waals surface area (Å²) < 4.78 is 0. The first-order valence-electron chi connectivity index (χ1n) is 6.46. The van der Waals surface area contributed by atoms with Crippen LogP contribution in [0.15, 0.2) is 0 Å². The third kappa shape index (κ3) is 1.96. The summed E-state index contributed by atoms with van der Waals surface area (Å²) in [5.41, 5.74) is 5.30. The van der Waals surface area contributed by atoms with Gasteiger partial charge in [0.2, 0.25) is 5.91 Å². The molecular weight excluding hydrogens is 232 g/mol. The van der Waals surface area contributed by atoms with Crippen LogP contribution in [0.2, 0.25) is 0 Å². The van der Waals surface area contributed by atoms with Crippen LogP contribution in [-0.4, -0.2) is 28.9 Å². The largest absolute Gasteiger partial charge is 0.392 e. The fraction of sp³-hybridized carbons (Fsp3) is 0.846. The summed E-state index contributed by atoms with van der Waals surface area (Å²) in [6, 6.07) is 0. The molecule has 0 aromatic carbocycles. The molecule has 0 bridgehead atoms. The summed E-state index contributed by atoms with van der Waals surface area (Å²) in [6.07, 6.45) is 1.67. The molecule has 2 N–H and O–H groups in total. The topological polar surface area (TPSA) is 46.3 Å². The predicted molar refractivity (Wildman–Crippen MR) is 72.5 cm³/mol. The maximum Gasteiger partial charge on any atom is 0.235 e. The summed E-state index contributed by atoms with van der Waals surface area (Å²) in [5.74, 6) is 1.91. The zero-order chi connectivity index (χ0) is 12.8. The zero-order valence-electron chi connectivity index (χ0n) is 10.9. The molecule has 0 radical (unpaired) electrons. The Morgan fingerprint density at radius 3 is 2.06 bits per heavy atom. The molecule has 1 saturated heterocycles. The zero-order valence-corrected chi connectivity index (χ0v) is 11.7. The molecule has 2 rings (SSSR count). The Morgan fingerprint density at radius 2 is 1.71 bits per heavy atom. The number of amides is 1. The lowest BCUT2D eigenvalue weighted by Gasteiger charge is -2.46. The molecule has 4 heteroatoms. The Bertz CT molecular complexity index is 339. The van der Waals surface area contributed by atoms with Gasteiger partial charge in [0, 0.05) is 13.1 Å². The molecule has 3 nitrogen and oxygen atoms in total. The second-order valence-corrected chi connectivity index (χ2v) is 6.56. The van der Waals surface area contributed by atoms with Crippen molar-refractivity contribution in [3.05, 3.63) is 0 Å². The van der Waals surface area contributed by atoms with Crippen molar-refractivity contribution in [2.24, 2.45) is 28.9 Å². The van der Waals surface area contributed by atoms with Gasteiger partial charge >= 0.3 is 0 Å². The lowest BCUT2D eigenvalue weighted by atomic mass is 9.61. The van der Waals surface area contributed by atoms with Gasteiger partial charge in [0.1, 0.15) is 0 Å². The minimum atomic E-state index is -0.515. The monoisotopic (exact) mass is 254 g/mol. The molecule has 0 spiro atoms. The molecule has 2 fully saturated rings. The molecular formula is C13H22N2OS. The van der Waals surface area contributed by atoms with Crippen LogP contribution in [0, 0.1) is 23.2 Å². The van der Waals surface area contributed by atoms with Crippen molar-refractivity contribution >= 4 is 23.1 Å². The maximum absolute atomic E-state index is 12.6. The first kappa shape index (κ1) is 12.8. The van der Waals surface area contributed by atoms with Crippen LogP contribution in [0.4, 0.5) is 0 Å². The van der Waals surface area contributed by atoms with Crippen molar-refractivity contribution in [1.82, 2.24) is 4.90 Å².